The third-order valence-corrected chi connectivity index (χ3v) is 6.42. The molecule has 2 N–H and O–H groups in total. The lowest BCUT2D eigenvalue weighted by Gasteiger charge is -2.33. The summed E-state index contributed by atoms with van der Waals surface area (Å²) in [5, 5.41) is 9.01. The largest absolute Gasteiger partial charge is 0.341 e. The van der Waals surface area contributed by atoms with E-state index in [1.807, 2.05) is 4.90 Å². The summed E-state index contributed by atoms with van der Waals surface area (Å²) in [6, 6.07) is 0. The quantitative estimate of drug-likeness (QED) is 0.878. The van der Waals surface area contributed by atoms with Gasteiger partial charge >= 0.3 is 0 Å². The second-order valence-electron chi connectivity index (χ2n) is 8.45. The van der Waals surface area contributed by atoms with Gasteiger partial charge in [-0.05, 0) is 51.6 Å². The SMILES string of the molecule is Cn1c(CN2CCCCCC2)nnc1C1CCN(C(=O)C2(N)CC2)CC1. The van der Waals surface area contributed by atoms with Crippen molar-refractivity contribution in [2.45, 2.75) is 69.4 Å². The highest BCUT2D eigenvalue weighted by Gasteiger charge is 2.48. The molecule has 1 aromatic heterocycles. The van der Waals surface area contributed by atoms with Gasteiger partial charge in [0.05, 0.1) is 12.1 Å². The van der Waals surface area contributed by atoms with Crippen LogP contribution >= 0.6 is 0 Å². The molecule has 1 aromatic rings. The molecule has 0 radical (unpaired) electrons. The van der Waals surface area contributed by atoms with Gasteiger partial charge in [-0.3, -0.25) is 9.69 Å². The molecule has 0 aromatic carbocycles. The summed E-state index contributed by atoms with van der Waals surface area (Å²) in [4.78, 5) is 16.9. The second kappa shape index (κ2) is 7.27. The molecule has 1 aliphatic carbocycles. The Balaban J connectivity index is 1.35. The van der Waals surface area contributed by atoms with Crippen molar-refractivity contribution in [3.05, 3.63) is 11.6 Å². The minimum absolute atomic E-state index is 0.149. The molecule has 3 fully saturated rings. The monoisotopic (exact) mass is 360 g/mol. The van der Waals surface area contributed by atoms with Gasteiger partial charge in [-0.2, -0.15) is 0 Å². The van der Waals surface area contributed by atoms with Crippen LogP contribution in [-0.2, 0) is 18.4 Å². The molecule has 7 nitrogen and oxygen atoms in total. The Bertz CT molecular complexity index is 636. The lowest BCUT2D eigenvalue weighted by molar-refractivity contribution is -0.134. The molecule has 3 heterocycles. The van der Waals surface area contributed by atoms with E-state index in [-0.39, 0.29) is 5.91 Å². The summed E-state index contributed by atoms with van der Waals surface area (Å²) in [6.45, 7) is 4.82. The molecule has 0 bridgehead atoms. The maximum Gasteiger partial charge on any atom is 0.242 e. The Kier molecular flexibility index (Phi) is 5.01. The average Bonchev–Trinajstić information content (AvgIpc) is 3.37. The summed E-state index contributed by atoms with van der Waals surface area (Å²) in [6.07, 6.45) is 8.88. The number of hydrogen-bond donors (Lipinski definition) is 1. The van der Waals surface area contributed by atoms with E-state index in [4.69, 9.17) is 5.73 Å². The third-order valence-electron chi connectivity index (χ3n) is 6.42. The van der Waals surface area contributed by atoms with Gasteiger partial charge in [0.2, 0.25) is 5.91 Å². The normalized spacial score (nSPS) is 24.5. The Morgan fingerprint density at radius 2 is 1.73 bits per heavy atom. The van der Waals surface area contributed by atoms with Crippen molar-refractivity contribution >= 4 is 5.91 Å². The topological polar surface area (TPSA) is 80.3 Å². The predicted octanol–water partition coefficient (Wildman–Crippen LogP) is 1.39. The molecule has 4 rings (SSSR count). The van der Waals surface area contributed by atoms with Crippen LogP contribution < -0.4 is 5.73 Å². The van der Waals surface area contributed by atoms with Crippen molar-refractivity contribution in [3.8, 4) is 0 Å². The number of carbonyl (C=O) groups excluding carboxylic acids is 1. The zero-order valence-corrected chi connectivity index (χ0v) is 16.0. The number of aromatic nitrogens is 3. The summed E-state index contributed by atoms with van der Waals surface area (Å²) in [5.74, 6) is 2.69. The molecule has 1 saturated carbocycles. The average molecular weight is 361 g/mol. The number of nitrogens with two attached hydrogens (primary N) is 1. The van der Waals surface area contributed by atoms with Gasteiger partial charge < -0.3 is 15.2 Å². The number of amides is 1. The maximum absolute atomic E-state index is 12.4. The third kappa shape index (κ3) is 3.64. The van der Waals surface area contributed by atoms with Gasteiger partial charge in [-0.25, -0.2) is 0 Å². The molecule has 0 unspecified atom stereocenters. The zero-order chi connectivity index (χ0) is 18.1. The highest BCUT2D eigenvalue weighted by molar-refractivity contribution is 5.89. The van der Waals surface area contributed by atoms with E-state index in [9.17, 15) is 4.79 Å². The summed E-state index contributed by atoms with van der Waals surface area (Å²) >= 11 is 0. The van der Waals surface area contributed by atoms with E-state index in [1.54, 1.807) is 0 Å². The first-order chi connectivity index (χ1) is 12.6. The van der Waals surface area contributed by atoms with Crippen LogP contribution in [0.3, 0.4) is 0 Å². The van der Waals surface area contributed by atoms with E-state index in [0.717, 1.165) is 57.0 Å². The van der Waals surface area contributed by atoms with Crippen molar-refractivity contribution in [1.29, 1.82) is 0 Å². The first-order valence-electron chi connectivity index (χ1n) is 10.3. The van der Waals surface area contributed by atoms with Gasteiger partial charge in [0.1, 0.15) is 11.6 Å². The minimum Gasteiger partial charge on any atom is -0.341 e. The van der Waals surface area contributed by atoms with Crippen molar-refractivity contribution in [3.63, 3.8) is 0 Å². The van der Waals surface area contributed by atoms with E-state index in [2.05, 4.69) is 26.7 Å². The fraction of sp³-hybridized carbons (Fsp3) is 0.842. The van der Waals surface area contributed by atoms with E-state index < -0.39 is 5.54 Å². The smallest absolute Gasteiger partial charge is 0.242 e. The molecular formula is C19H32N6O. The number of carbonyl (C=O) groups is 1. The van der Waals surface area contributed by atoms with Gasteiger partial charge in [-0.15, -0.1) is 10.2 Å². The van der Waals surface area contributed by atoms with Crippen LogP contribution in [0, 0.1) is 0 Å². The van der Waals surface area contributed by atoms with Crippen LogP contribution in [0.2, 0.25) is 0 Å². The maximum atomic E-state index is 12.4. The molecular weight excluding hydrogens is 328 g/mol. The highest BCUT2D eigenvalue weighted by atomic mass is 16.2. The van der Waals surface area contributed by atoms with Crippen LogP contribution in [0.1, 0.15) is 68.9 Å². The molecule has 26 heavy (non-hydrogen) atoms. The molecule has 2 aliphatic heterocycles. The van der Waals surface area contributed by atoms with Crippen LogP contribution in [0.15, 0.2) is 0 Å². The van der Waals surface area contributed by atoms with E-state index >= 15 is 0 Å². The minimum atomic E-state index is -0.544. The molecule has 0 atom stereocenters. The number of likely N-dealkylation sites (tertiary alicyclic amines) is 2. The van der Waals surface area contributed by atoms with Gasteiger partial charge in [0.25, 0.3) is 0 Å². The molecule has 2 saturated heterocycles. The lowest BCUT2D eigenvalue weighted by Crippen LogP contribution is -2.48. The predicted molar refractivity (Wildman–Crippen MR) is 99.5 cm³/mol. The first-order valence-corrected chi connectivity index (χ1v) is 10.3. The highest BCUT2D eigenvalue weighted by Crippen LogP contribution is 2.36. The fourth-order valence-corrected chi connectivity index (χ4v) is 4.37. The Hall–Kier alpha value is -1.47. The van der Waals surface area contributed by atoms with Crippen molar-refractivity contribution in [2.75, 3.05) is 26.2 Å². The Labute approximate surface area is 155 Å². The number of rotatable bonds is 4. The second-order valence-corrected chi connectivity index (χ2v) is 8.45. The molecule has 1 amide bonds. The summed E-state index contributed by atoms with van der Waals surface area (Å²) in [5.41, 5.74) is 5.53. The van der Waals surface area contributed by atoms with Crippen molar-refractivity contribution in [2.24, 2.45) is 12.8 Å². The molecule has 144 valence electrons. The number of piperidine rings is 1. The number of nitrogens with zero attached hydrogens (tertiary/aromatic N) is 5. The Morgan fingerprint density at radius 1 is 1.08 bits per heavy atom. The number of hydrogen-bond acceptors (Lipinski definition) is 5. The summed E-state index contributed by atoms with van der Waals surface area (Å²) in [7, 11) is 2.10. The standard InChI is InChI=1S/C19H32N6O/c1-23-16(14-24-10-4-2-3-5-11-24)21-22-17(23)15-6-12-25(13-7-15)18(26)19(20)8-9-19/h15H,2-14,20H2,1H3. The Morgan fingerprint density at radius 3 is 2.35 bits per heavy atom. The van der Waals surface area contributed by atoms with Gasteiger partial charge in [-0.1, -0.05) is 12.8 Å². The zero-order valence-electron chi connectivity index (χ0n) is 16.0. The van der Waals surface area contributed by atoms with Gasteiger partial charge in [0, 0.05) is 26.1 Å². The lowest BCUT2D eigenvalue weighted by atomic mass is 9.95. The summed E-state index contributed by atoms with van der Waals surface area (Å²) < 4.78 is 2.19. The first kappa shape index (κ1) is 17.9. The van der Waals surface area contributed by atoms with E-state index in [0.29, 0.717) is 5.92 Å². The van der Waals surface area contributed by atoms with E-state index in [1.165, 1.54) is 38.8 Å². The van der Waals surface area contributed by atoms with Crippen LogP contribution in [0.5, 0.6) is 0 Å². The molecule has 0 spiro atoms. The van der Waals surface area contributed by atoms with Crippen molar-refractivity contribution in [1.82, 2.24) is 24.6 Å². The van der Waals surface area contributed by atoms with Crippen LogP contribution in [-0.4, -0.2) is 62.2 Å². The fourth-order valence-electron chi connectivity index (χ4n) is 4.37. The van der Waals surface area contributed by atoms with Gasteiger partial charge in [0.15, 0.2) is 0 Å². The van der Waals surface area contributed by atoms with Crippen LogP contribution in [0.4, 0.5) is 0 Å². The molecule has 7 heteroatoms. The van der Waals surface area contributed by atoms with Crippen LogP contribution in [0.25, 0.3) is 0 Å². The molecule has 3 aliphatic rings. The van der Waals surface area contributed by atoms with Crippen molar-refractivity contribution < 1.29 is 4.79 Å².